The Kier molecular flexibility index (Phi) is 4.98. The van der Waals surface area contributed by atoms with Crippen LogP contribution < -0.4 is 16.4 Å². The molecule has 0 atom stereocenters. The summed E-state index contributed by atoms with van der Waals surface area (Å²) in [6, 6.07) is 16.1. The fourth-order valence-corrected chi connectivity index (χ4v) is 2.97. The van der Waals surface area contributed by atoms with Crippen LogP contribution in [-0.4, -0.2) is 25.7 Å². The van der Waals surface area contributed by atoms with Gasteiger partial charge in [0.25, 0.3) is 11.1 Å². The van der Waals surface area contributed by atoms with Crippen LogP contribution in [0.2, 0.25) is 0 Å². The molecule has 0 radical (unpaired) electrons. The largest absolute Gasteiger partial charge is 0.323 e. The van der Waals surface area contributed by atoms with Crippen molar-refractivity contribution in [2.45, 2.75) is 13.0 Å². The maximum atomic E-state index is 12.5. The third-order valence-electron chi connectivity index (χ3n) is 4.41. The molecule has 2 heterocycles. The Bertz CT molecular complexity index is 1280. The molecule has 0 aliphatic carbocycles. The van der Waals surface area contributed by atoms with E-state index in [1.807, 2.05) is 30.3 Å². The van der Waals surface area contributed by atoms with Crippen molar-refractivity contribution in [1.82, 2.24) is 19.7 Å². The lowest BCUT2D eigenvalue weighted by atomic mass is 10.2. The van der Waals surface area contributed by atoms with Gasteiger partial charge in [-0.25, -0.2) is 14.6 Å². The van der Waals surface area contributed by atoms with E-state index in [0.717, 1.165) is 10.2 Å². The van der Waals surface area contributed by atoms with E-state index in [1.54, 1.807) is 24.3 Å². The van der Waals surface area contributed by atoms with Gasteiger partial charge in [0.15, 0.2) is 5.82 Å². The normalized spacial score (nSPS) is 10.8. The summed E-state index contributed by atoms with van der Waals surface area (Å²) in [7, 11) is 0. The number of carbonyl (C=O) groups excluding carboxylic acids is 1. The van der Waals surface area contributed by atoms with Gasteiger partial charge in [-0.15, -0.1) is 0 Å². The lowest BCUT2D eigenvalue weighted by molar-refractivity contribution is -0.116. The molecule has 8 nitrogen and oxygen atoms in total. The standard InChI is InChI=1S/C21H17N5O3/c27-18(24-15-12-22-19(23-13-15)14-6-2-1-3-7-14)10-11-26-21(29)17-9-5-4-8-16(17)20(28)25-26/h1-9,12-13H,10-11H2,(H,24,27)(H,25,28). The molecule has 4 rings (SSSR count). The van der Waals surface area contributed by atoms with Crippen molar-refractivity contribution in [2.75, 3.05) is 5.32 Å². The van der Waals surface area contributed by atoms with Crippen LogP contribution >= 0.6 is 0 Å². The fourth-order valence-electron chi connectivity index (χ4n) is 2.97. The zero-order valence-corrected chi connectivity index (χ0v) is 15.3. The molecule has 0 spiro atoms. The molecular formula is C21H17N5O3. The van der Waals surface area contributed by atoms with E-state index in [9.17, 15) is 14.4 Å². The highest BCUT2D eigenvalue weighted by molar-refractivity contribution is 5.90. The molecule has 2 aromatic heterocycles. The molecule has 0 saturated heterocycles. The van der Waals surface area contributed by atoms with Crippen LogP contribution in [0.3, 0.4) is 0 Å². The lowest BCUT2D eigenvalue weighted by Gasteiger charge is -2.08. The molecular weight excluding hydrogens is 370 g/mol. The van der Waals surface area contributed by atoms with E-state index >= 15 is 0 Å². The maximum absolute atomic E-state index is 12.5. The number of hydrogen-bond acceptors (Lipinski definition) is 5. The molecule has 0 unspecified atom stereocenters. The predicted molar refractivity (Wildman–Crippen MR) is 110 cm³/mol. The molecule has 0 bridgehead atoms. The Morgan fingerprint density at radius 1 is 0.931 bits per heavy atom. The summed E-state index contributed by atoms with van der Waals surface area (Å²) in [5.41, 5.74) is 0.619. The molecule has 0 aliphatic heterocycles. The molecule has 8 heteroatoms. The number of aromatic amines is 1. The van der Waals surface area contributed by atoms with Crippen LogP contribution in [0, 0.1) is 0 Å². The second-order valence-electron chi connectivity index (χ2n) is 6.40. The molecule has 2 aromatic carbocycles. The van der Waals surface area contributed by atoms with Crippen LogP contribution in [0.4, 0.5) is 5.69 Å². The summed E-state index contributed by atoms with van der Waals surface area (Å²) in [5.74, 6) is 0.242. The Morgan fingerprint density at radius 2 is 1.59 bits per heavy atom. The average molecular weight is 387 g/mol. The Morgan fingerprint density at radius 3 is 2.31 bits per heavy atom. The monoisotopic (exact) mass is 387 g/mol. The number of aryl methyl sites for hydroxylation is 1. The number of nitrogens with zero attached hydrogens (tertiary/aromatic N) is 3. The van der Waals surface area contributed by atoms with Gasteiger partial charge in [-0.05, 0) is 12.1 Å². The third kappa shape index (κ3) is 3.96. The minimum Gasteiger partial charge on any atom is -0.323 e. The molecule has 144 valence electrons. The molecule has 1 amide bonds. The number of carbonyl (C=O) groups is 1. The quantitative estimate of drug-likeness (QED) is 0.545. The topological polar surface area (TPSA) is 110 Å². The van der Waals surface area contributed by atoms with Gasteiger partial charge in [-0.3, -0.25) is 19.5 Å². The Labute approximate surface area is 164 Å². The van der Waals surface area contributed by atoms with Crippen molar-refractivity contribution in [1.29, 1.82) is 0 Å². The van der Waals surface area contributed by atoms with Crippen molar-refractivity contribution < 1.29 is 4.79 Å². The predicted octanol–water partition coefficient (Wildman–Crippen LogP) is 2.18. The SMILES string of the molecule is O=C(CCn1[nH]c(=O)c2ccccc2c1=O)Nc1cnc(-c2ccccc2)nc1. The minimum absolute atomic E-state index is 0.00856. The number of anilines is 1. The van der Waals surface area contributed by atoms with E-state index in [4.69, 9.17) is 0 Å². The lowest BCUT2D eigenvalue weighted by Crippen LogP contribution is -2.31. The van der Waals surface area contributed by atoms with Gasteiger partial charge in [0.2, 0.25) is 5.91 Å². The summed E-state index contributed by atoms with van der Waals surface area (Å²) in [6.45, 7) is 0.0493. The summed E-state index contributed by atoms with van der Waals surface area (Å²) in [5, 5.41) is 5.85. The minimum atomic E-state index is -0.370. The Hall–Kier alpha value is -4.07. The first-order valence-electron chi connectivity index (χ1n) is 9.01. The van der Waals surface area contributed by atoms with Crippen LogP contribution in [0.1, 0.15) is 6.42 Å². The first kappa shape index (κ1) is 18.3. The van der Waals surface area contributed by atoms with E-state index in [2.05, 4.69) is 20.4 Å². The van der Waals surface area contributed by atoms with Gasteiger partial charge in [0.05, 0.1) is 35.4 Å². The van der Waals surface area contributed by atoms with E-state index in [-0.39, 0.29) is 30.0 Å². The highest BCUT2D eigenvalue weighted by Crippen LogP contribution is 2.14. The van der Waals surface area contributed by atoms with Crippen molar-refractivity contribution in [3.05, 3.63) is 87.7 Å². The number of fused-ring (bicyclic) bond motifs is 1. The number of benzene rings is 2. The summed E-state index contributed by atoms with van der Waals surface area (Å²) < 4.78 is 1.15. The molecule has 29 heavy (non-hydrogen) atoms. The van der Waals surface area contributed by atoms with Gasteiger partial charge in [-0.1, -0.05) is 42.5 Å². The second kappa shape index (κ2) is 7.89. The Balaban J connectivity index is 1.43. The molecule has 0 aliphatic rings. The molecule has 2 N–H and O–H groups in total. The molecule has 4 aromatic rings. The third-order valence-corrected chi connectivity index (χ3v) is 4.41. The first-order chi connectivity index (χ1) is 14.1. The van der Waals surface area contributed by atoms with Gasteiger partial charge < -0.3 is 5.32 Å². The first-order valence-corrected chi connectivity index (χ1v) is 9.01. The van der Waals surface area contributed by atoms with Gasteiger partial charge in [0.1, 0.15) is 0 Å². The van der Waals surface area contributed by atoms with E-state index in [0.29, 0.717) is 22.3 Å². The summed E-state index contributed by atoms with van der Waals surface area (Å²) in [6.07, 6.45) is 3.06. The number of rotatable bonds is 5. The highest BCUT2D eigenvalue weighted by atomic mass is 16.2. The smallest absolute Gasteiger partial charge is 0.273 e. The molecule has 0 fully saturated rings. The van der Waals surface area contributed by atoms with Crippen molar-refractivity contribution in [3.8, 4) is 11.4 Å². The fraction of sp³-hybridized carbons (Fsp3) is 0.0952. The van der Waals surface area contributed by atoms with Gasteiger partial charge >= 0.3 is 0 Å². The van der Waals surface area contributed by atoms with Crippen LogP contribution in [0.5, 0.6) is 0 Å². The van der Waals surface area contributed by atoms with Gasteiger partial charge in [0, 0.05) is 12.0 Å². The summed E-state index contributed by atoms with van der Waals surface area (Å²) in [4.78, 5) is 45.3. The number of aromatic nitrogens is 4. The highest BCUT2D eigenvalue weighted by Gasteiger charge is 2.09. The second-order valence-corrected chi connectivity index (χ2v) is 6.40. The van der Waals surface area contributed by atoms with Crippen molar-refractivity contribution in [3.63, 3.8) is 0 Å². The zero-order chi connectivity index (χ0) is 20.2. The number of nitrogens with one attached hydrogen (secondary N) is 2. The van der Waals surface area contributed by atoms with Crippen LogP contribution in [-0.2, 0) is 11.3 Å². The zero-order valence-electron chi connectivity index (χ0n) is 15.3. The molecule has 0 saturated carbocycles. The summed E-state index contributed by atoms with van der Waals surface area (Å²) >= 11 is 0. The number of hydrogen-bond donors (Lipinski definition) is 2. The van der Waals surface area contributed by atoms with Crippen LogP contribution in [0.15, 0.2) is 76.6 Å². The van der Waals surface area contributed by atoms with Gasteiger partial charge in [-0.2, -0.15) is 0 Å². The number of amides is 1. The van der Waals surface area contributed by atoms with Crippen molar-refractivity contribution >= 4 is 22.4 Å². The van der Waals surface area contributed by atoms with E-state index < -0.39 is 0 Å². The average Bonchev–Trinajstić information content (AvgIpc) is 2.76. The van der Waals surface area contributed by atoms with Crippen molar-refractivity contribution in [2.24, 2.45) is 0 Å². The maximum Gasteiger partial charge on any atom is 0.273 e. The van der Waals surface area contributed by atoms with E-state index in [1.165, 1.54) is 12.4 Å². The number of H-pyrrole nitrogens is 1. The van der Waals surface area contributed by atoms with Crippen LogP contribution in [0.25, 0.3) is 22.2 Å².